The van der Waals surface area contributed by atoms with Crippen molar-refractivity contribution in [3.05, 3.63) is 11.8 Å². The van der Waals surface area contributed by atoms with E-state index in [9.17, 15) is 0 Å². The fraction of sp³-hybridized carbons (Fsp3) is 0.571. The summed E-state index contributed by atoms with van der Waals surface area (Å²) in [6, 6.07) is 0.491. The third-order valence-electron chi connectivity index (χ3n) is 1.22. The summed E-state index contributed by atoms with van der Waals surface area (Å²) in [4.78, 5) is 0. The summed E-state index contributed by atoms with van der Waals surface area (Å²) in [5.74, 6) is 0. The minimum Gasteiger partial charge on any atom is -0.385 e. The van der Waals surface area contributed by atoms with E-state index in [2.05, 4.69) is 58.4 Å². The number of nitrogens with zero attached hydrogens (tertiary/aromatic N) is 1. The SMILES string of the molecule is CC(C)NC1=CC(I)=NNC1. The van der Waals surface area contributed by atoms with Crippen LogP contribution in [0.5, 0.6) is 0 Å². The predicted molar refractivity (Wildman–Crippen MR) is 55.8 cm³/mol. The van der Waals surface area contributed by atoms with Crippen LogP contribution < -0.4 is 10.7 Å². The molecule has 0 spiro atoms. The number of halogens is 1. The highest BCUT2D eigenvalue weighted by Crippen LogP contribution is 2.02. The van der Waals surface area contributed by atoms with Gasteiger partial charge in [-0.15, -0.1) is 0 Å². The summed E-state index contributed by atoms with van der Waals surface area (Å²) in [5.41, 5.74) is 4.15. The van der Waals surface area contributed by atoms with Gasteiger partial charge >= 0.3 is 0 Å². The molecule has 0 saturated carbocycles. The predicted octanol–water partition coefficient (Wildman–Crippen LogP) is 1.22. The van der Waals surface area contributed by atoms with E-state index in [-0.39, 0.29) is 0 Å². The molecule has 1 aliphatic rings. The fourth-order valence-electron chi connectivity index (χ4n) is 0.891. The topological polar surface area (TPSA) is 36.4 Å². The summed E-state index contributed by atoms with van der Waals surface area (Å²) in [6.45, 7) is 5.06. The lowest BCUT2D eigenvalue weighted by Gasteiger charge is -2.16. The number of hydrogen-bond donors (Lipinski definition) is 2. The molecule has 0 aromatic rings. The van der Waals surface area contributed by atoms with Crippen LogP contribution >= 0.6 is 22.6 Å². The van der Waals surface area contributed by atoms with Crippen LogP contribution in [0.2, 0.25) is 0 Å². The van der Waals surface area contributed by atoms with E-state index in [4.69, 9.17) is 0 Å². The first-order valence-electron chi connectivity index (χ1n) is 3.61. The van der Waals surface area contributed by atoms with E-state index < -0.39 is 0 Å². The number of hydrazone groups is 1. The van der Waals surface area contributed by atoms with Gasteiger partial charge in [-0.3, -0.25) is 0 Å². The molecule has 0 aromatic carbocycles. The van der Waals surface area contributed by atoms with Gasteiger partial charge in [-0.05, 0) is 42.5 Å². The quantitative estimate of drug-likeness (QED) is 0.736. The highest BCUT2D eigenvalue weighted by molar-refractivity contribution is 14.1. The molecule has 11 heavy (non-hydrogen) atoms. The Kier molecular flexibility index (Phi) is 3.16. The van der Waals surface area contributed by atoms with Gasteiger partial charge in [0.05, 0.1) is 6.54 Å². The van der Waals surface area contributed by atoms with E-state index in [0.29, 0.717) is 6.04 Å². The van der Waals surface area contributed by atoms with Crippen molar-refractivity contribution in [1.29, 1.82) is 0 Å². The Labute approximate surface area is 80.5 Å². The molecular weight excluding hydrogens is 253 g/mol. The highest BCUT2D eigenvalue weighted by atomic mass is 127. The van der Waals surface area contributed by atoms with Gasteiger partial charge in [0.25, 0.3) is 0 Å². The summed E-state index contributed by atoms with van der Waals surface area (Å²) >= 11 is 2.19. The first-order valence-corrected chi connectivity index (χ1v) is 4.69. The monoisotopic (exact) mass is 265 g/mol. The molecule has 4 heteroatoms. The van der Waals surface area contributed by atoms with E-state index in [0.717, 1.165) is 10.3 Å². The third-order valence-corrected chi connectivity index (χ3v) is 1.78. The van der Waals surface area contributed by atoms with Crippen LogP contribution in [0, 0.1) is 0 Å². The molecule has 0 saturated heterocycles. The van der Waals surface area contributed by atoms with Crippen LogP contribution in [-0.4, -0.2) is 16.3 Å². The van der Waals surface area contributed by atoms with Crippen molar-refractivity contribution in [2.24, 2.45) is 5.10 Å². The molecule has 0 unspecified atom stereocenters. The van der Waals surface area contributed by atoms with Gasteiger partial charge in [-0.2, -0.15) is 5.10 Å². The first-order chi connectivity index (χ1) is 5.18. The zero-order valence-corrected chi connectivity index (χ0v) is 8.84. The average molecular weight is 265 g/mol. The number of nitrogens with one attached hydrogen (secondary N) is 2. The van der Waals surface area contributed by atoms with Gasteiger partial charge in [0.15, 0.2) is 0 Å². The van der Waals surface area contributed by atoms with E-state index >= 15 is 0 Å². The molecule has 0 bridgehead atoms. The summed E-state index contributed by atoms with van der Waals surface area (Å²) in [6.07, 6.45) is 2.05. The first kappa shape index (κ1) is 8.83. The Morgan fingerprint density at radius 1 is 1.73 bits per heavy atom. The van der Waals surface area contributed by atoms with Crippen LogP contribution in [0.15, 0.2) is 16.9 Å². The van der Waals surface area contributed by atoms with Crippen LogP contribution in [0.1, 0.15) is 13.8 Å². The smallest absolute Gasteiger partial charge is 0.122 e. The molecule has 0 amide bonds. The molecule has 0 aliphatic carbocycles. The molecule has 1 rings (SSSR count). The number of rotatable bonds is 2. The number of allylic oxidation sites excluding steroid dienone is 1. The summed E-state index contributed by atoms with van der Waals surface area (Å²) in [5, 5.41) is 7.35. The third kappa shape index (κ3) is 3.09. The van der Waals surface area contributed by atoms with Gasteiger partial charge in [-0.1, -0.05) is 0 Å². The standard InChI is InChI=1S/C7H12IN3/c1-5(2)10-6-3-7(8)11-9-4-6/h3,5,9-10H,4H2,1-2H3. The largest absolute Gasteiger partial charge is 0.385 e. The molecule has 3 nitrogen and oxygen atoms in total. The zero-order chi connectivity index (χ0) is 8.27. The van der Waals surface area contributed by atoms with Crippen molar-refractivity contribution >= 4 is 26.3 Å². The fourth-order valence-corrected chi connectivity index (χ4v) is 1.44. The van der Waals surface area contributed by atoms with Crippen LogP contribution in [-0.2, 0) is 0 Å². The molecule has 0 aromatic heterocycles. The molecule has 1 aliphatic heterocycles. The van der Waals surface area contributed by atoms with Crippen LogP contribution in [0.4, 0.5) is 0 Å². The summed E-state index contributed by atoms with van der Waals surface area (Å²) < 4.78 is 0.997. The van der Waals surface area contributed by atoms with Crippen molar-refractivity contribution < 1.29 is 0 Å². The lowest BCUT2D eigenvalue weighted by molar-refractivity contribution is 0.628. The van der Waals surface area contributed by atoms with Crippen LogP contribution in [0.25, 0.3) is 0 Å². The maximum atomic E-state index is 4.02. The van der Waals surface area contributed by atoms with E-state index in [1.807, 2.05) is 0 Å². The maximum Gasteiger partial charge on any atom is 0.122 e. The lowest BCUT2D eigenvalue weighted by Crippen LogP contribution is -2.30. The lowest BCUT2D eigenvalue weighted by atomic mass is 10.3. The van der Waals surface area contributed by atoms with E-state index in [1.54, 1.807) is 0 Å². The second-order valence-corrected chi connectivity index (χ2v) is 3.84. The van der Waals surface area contributed by atoms with Gasteiger partial charge in [0.2, 0.25) is 0 Å². The normalized spacial score (nSPS) is 17.1. The van der Waals surface area contributed by atoms with Crippen molar-refractivity contribution in [3.63, 3.8) is 0 Å². The van der Waals surface area contributed by atoms with E-state index in [1.165, 1.54) is 5.70 Å². The Hall–Kier alpha value is -0.260. The van der Waals surface area contributed by atoms with Gasteiger partial charge < -0.3 is 10.7 Å². The van der Waals surface area contributed by atoms with Gasteiger partial charge in [0, 0.05) is 11.7 Å². The Morgan fingerprint density at radius 3 is 3.00 bits per heavy atom. The zero-order valence-electron chi connectivity index (χ0n) is 6.69. The molecule has 2 N–H and O–H groups in total. The van der Waals surface area contributed by atoms with Crippen molar-refractivity contribution in [2.75, 3.05) is 6.54 Å². The molecule has 1 heterocycles. The Bertz CT molecular complexity index is 196. The Balaban J connectivity index is 2.51. The number of hydrogen-bond acceptors (Lipinski definition) is 3. The molecule has 0 atom stereocenters. The molecule has 0 fully saturated rings. The second kappa shape index (κ2) is 3.94. The highest BCUT2D eigenvalue weighted by Gasteiger charge is 2.03. The summed E-state index contributed by atoms with van der Waals surface area (Å²) in [7, 11) is 0. The van der Waals surface area contributed by atoms with Crippen molar-refractivity contribution in [1.82, 2.24) is 10.7 Å². The van der Waals surface area contributed by atoms with Gasteiger partial charge in [0.1, 0.15) is 3.72 Å². The maximum absolute atomic E-state index is 4.02. The minimum atomic E-state index is 0.491. The second-order valence-electron chi connectivity index (χ2n) is 2.74. The molecule has 0 radical (unpaired) electrons. The van der Waals surface area contributed by atoms with Crippen molar-refractivity contribution in [3.8, 4) is 0 Å². The van der Waals surface area contributed by atoms with Crippen molar-refractivity contribution in [2.45, 2.75) is 19.9 Å². The van der Waals surface area contributed by atoms with Crippen LogP contribution in [0.3, 0.4) is 0 Å². The molecular formula is C7H12IN3. The average Bonchev–Trinajstić information content (AvgIpc) is 1.85. The molecule has 62 valence electrons. The van der Waals surface area contributed by atoms with Gasteiger partial charge in [-0.25, -0.2) is 0 Å². The minimum absolute atomic E-state index is 0.491. The Morgan fingerprint density at radius 2 is 2.45 bits per heavy atom.